The van der Waals surface area contributed by atoms with Crippen LogP contribution in [0.3, 0.4) is 0 Å². The number of nitrogens with one attached hydrogen (secondary N) is 1. The highest BCUT2D eigenvalue weighted by Crippen LogP contribution is 2.41. The summed E-state index contributed by atoms with van der Waals surface area (Å²) < 4.78 is 1.87. The smallest absolute Gasteiger partial charge is 0.133 e. The minimum absolute atomic E-state index is 0.600. The van der Waals surface area contributed by atoms with Gasteiger partial charge in [-0.25, -0.2) is 4.68 Å². The molecule has 0 unspecified atom stereocenters. The topological polar surface area (TPSA) is 29.9 Å². The number of halogens is 3. The van der Waals surface area contributed by atoms with Crippen molar-refractivity contribution in [2.45, 2.75) is 19.3 Å². The first-order valence-electron chi connectivity index (χ1n) is 8.22. The molecule has 1 aliphatic heterocycles. The predicted octanol–water partition coefficient (Wildman–Crippen LogP) is 6.25. The second-order valence-electron chi connectivity index (χ2n) is 6.02. The van der Waals surface area contributed by atoms with E-state index in [-0.39, 0.29) is 0 Å². The van der Waals surface area contributed by atoms with Crippen molar-refractivity contribution < 1.29 is 0 Å². The van der Waals surface area contributed by atoms with Crippen LogP contribution in [0, 0.1) is 0 Å². The van der Waals surface area contributed by atoms with E-state index in [4.69, 9.17) is 39.9 Å². The van der Waals surface area contributed by atoms with Gasteiger partial charge in [-0.2, -0.15) is 5.10 Å². The van der Waals surface area contributed by atoms with Crippen LogP contribution in [0.4, 0.5) is 5.82 Å². The predicted molar refractivity (Wildman–Crippen MR) is 105 cm³/mol. The molecule has 0 aliphatic carbocycles. The molecule has 4 rings (SSSR count). The van der Waals surface area contributed by atoms with E-state index in [2.05, 4.69) is 5.32 Å². The van der Waals surface area contributed by atoms with Crippen LogP contribution in [-0.2, 0) is 6.42 Å². The SMILES string of the molecule is Clc1ccccc1-n1nc(-c2c(Cl)cccc2Cl)c2c1NCCCC2. The fourth-order valence-electron chi connectivity index (χ4n) is 3.23. The molecule has 1 aliphatic rings. The molecule has 0 radical (unpaired) electrons. The average molecular weight is 393 g/mol. The number of aromatic nitrogens is 2. The van der Waals surface area contributed by atoms with E-state index in [1.165, 1.54) is 0 Å². The molecule has 3 aromatic rings. The van der Waals surface area contributed by atoms with Gasteiger partial charge in [0.05, 0.1) is 20.8 Å². The standard InChI is InChI=1S/C19H16Cl3N3/c20-13-7-1-2-10-16(13)25-19-12(6-3-4-11-23-19)18(24-25)17-14(21)8-5-9-15(17)22/h1-2,5,7-10,23H,3-4,6,11H2. The van der Waals surface area contributed by atoms with E-state index >= 15 is 0 Å². The van der Waals surface area contributed by atoms with Crippen LogP contribution >= 0.6 is 34.8 Å². The van der Waals surface area contributed by atoms with Crippen molar-refractivity contribution in [3.8, 4) is 16.9 Å². The number of para-hydroxylation sites is 1. The van der Waals surface area contributed by atoms with Crippen molar-refractivity contribution in [2.75, 3.05) is 11.9 Å². The molecule has 2 heterocycles. The summed E-state index contributed by atoms with van der Waals surface area (Å²) >= 11 is 19.3. The van der Waals surface area contributed by atoms with Crippen molar-refractivity contribution in [2.24, 2.45) is 0 Å². The summed E-state index contributed by atoms with van der Waals surface area (Å²) in [6.07, 6.45) is 3.11. The van der Waals surface area contributed by atoms with Crippen molar-refractivity contribution in [1.82, 2.24) is 9.78 Å². The number of nitrogens with zero attached hydrogens (tertiary/aromatic N) is 2. The Kier molecular flexibility index (Phi) is 4.63. The zero-order valence-corrected chi connectivity index (χ0v) is 15.7. The lowest BCUT2D eigenvalue weighted by Gasteiger charge is -2.10. The monoisotopic (exact) mass is 391 g/mol. The molecule has 0 spiro atoms. The van der Waals surface area contributed by atoms with Gasteiger partial charge in [0.15, 0.2) is 0 Å². The number of fused-ring (bicyclic) bond motifs is 1. The lowest BCUT2D eigenvalue weighted by molar-refractivity contribution is 0.780. The molecular weight excluding hydrogens is 377 g/mol. The second-order valence-corrected chi connectivity index (χ2v) is 7.24. The molecule has 0 fully saturated rings. The molecule has 1 aromatic heterocycles. The van der Waals surface area contributed by atoms with Gasteiger partial charge in [0.1, 0.15) is 11.5 Å². The average Bonchev–Trinajstić information content (AvgIpc) is 2.78. The van der Waals surface area contributed by atoms with Crippen LogP contribution in [0.25, 0.3) is 16.9 Å². The van der Waals surface area contributed by atoms with Gasteiger partial charge >= 0.3 is 0 Å². The number of anilines is 1. The van der Waals surface area contributed by atoms with E-state index in [1.807, 2.05) is 47.1 Å². The quantitative estimate of drug-likeness (QED) is 0.559. The molecule has 128 valence electrons. The number of rotatable bonds is 2. The lowest BCUT2D eigenvalue weighted by atomic mass is 10.0. The summed E-state index contributed by atoms with van der Waals surface area (Å²) in [6, 6.07) is 13.2. The van der Waals surface area contributed by atoms with Crippen molar-refractivity contribution >= 4 is 40.6 Å². The molecule has 6 heteroatoms. The third-order valence-electron chi connectivity index (χ3n) is 4.41. The minimum Gasteiger partial charge on any atom is -0.370 e. The molecule has 0 bridgehead atoms. The van der Waals surface area contributed by atoms with E-state index in [9.17, 15) is 0 Å². The molecule has 2 aromatic carbocycles. The van der Waals surface area contributed by atoms with Crippen LogP contribution in [0.5, 0.6) is 0 Å². The number of benzene rings is 2. The summed E-state index contributed by atoms with van der Waals surface area (Å²) in [6.45, 7) is 0.902. The second kappa shape index (κ2) is 6.91. The first-order valence-corrected chi connectivity index (χ1v) is 9.35. The Bertz CT molecular complexity index is 913. The summed E-state index contributed by atoms with van der Waals surface area (Å²) in [7, 11) is 0. The Labute approximate surface area is 161 Å². The Morgan fingerprint density at radius 2 is 1.60 bits per heavy atom. The van der Waals surface area contributed by atoms with Crippen LogP contribution in [0.1, 0.15) is 18.4 Å². The van der Waals surface area contributed by atoms with Crippen LogP contribution < -0.4 is 5.32 Å². The first-order chi connectivity index (χ1) is 12.2. The molecular formula is C19H16Cl3N3. The third-order valence-corrected chi connectivity index (χ3v) is 5.36. The van der Waals surface area contributed by atoms with Gasteiger partial charge < -0.3 is 5.32 Å². The highest BCUT2D eigenvalue weighted by molar-refractivity contribution is 6.39. The van der Waals surface area contributed by atoms with E-state index < -0.39 is 0 Å². The Morgan fingerprint density at radius 1 is 0.880 bits per heavy atom. The van der Waals surface area contributed by atoms with E-state index in [0.29, 0.717) is 15.1 Å². The van der Waals surface area contributed by atoms with Gasteiger partial charge in [0, 0.05) is 17.7 Å². The normalized spacial score (nSPS) is 13.9. The van der Waals surface area contributed by atoms with Gasteiger partial charge in [-0.05, 0) is 43.5 Å². The van der Waals surface area contributed by atoms with Gasteiger partial charge in [-0.3, -0.25) is 0 Å². The summed E-state index contributed by atoms with van der Waals surface area (Å²) in [4.78, 5) is 0. The fraction of sp³-hybridized carbons (Fsp3) is 0.211. The Hall–Kier alpha value is -1.68. The largest absolute Gasteiger partial charge is 0.370 e. The highest BCUT2D eigenvalue weighted by Gasteiger charge is 2.25. The summed E-state index contributed by atoms with van der Waals surface area (Å²) in [5, 5.41) is 10.2. The number of hydrogen-bond acceptors (Lipinski definition) is 2. The van der Waals surface area contributed by atoms with Gasteiger partial charge in [0.2, 0.25) is 0 Å². The van der Waals surface area contributed by atoms with E-state index in [1.54, 1.807) is 0 Å². The maximum Gasteiger partial charge on any atom is 0.133 e. The lowest BCUT2D eigenvalue weighted by Crippen LogP contribution is -2.07. The Balaban J connectivity index is 1.99. The third kappa shape index (κ3) is 3.01. The molecule has 0 amide bonds. The summed E-state index contributed by atoms with van der Waals surface area (Å²) in [5.41, 5.74) is 3.56. The van der Waals surface area contributed by atoms with Crippen LogP contribution in [0.15, 0.2) is 42.5 Å². The van der Waals surface area contributed by atoms with Crippen molar-refractivity contribution in [3.63, 3.8) is 0 Å². The van der Waals surface area contributed by atoms with Gasteiger partial charge in [-0.1, -0.05) is 53.0 Å². The maximum absolute atomic E-state index is 6.45. The van der Waals surface area contributed by atoms with E-state index in [0.717, 1.165) is 54.1 Å². The molecule has 1 N–H and O–H groups in total. The minimum atomic E-state index is 0.600. The van der Waals surface area contributed by atoms with Crippen molar-refractivity contribution in [1.29, 1.82) is 0 Å². The highest BCUT2D eigenvalue weighted by atomic mass is 35.5. The fourth-order valence-corrected chi connectivity index (χ4v) is 4.02. The molecule has 0 saturated heterocycles. The van der Waals surface area contributed by atoms with Gasteiger partial charge in [0.25, 0.3) is 0 Å². The molecule has 3 nitrogen and oxygen atoms in total. The molecule has 0 saturated carbocycles. The zero-order chi connectivity index (χ0) is 17.4. The molecule has 0 atom stereocenters. The Morgan fingerprint density at radius 3 is 2.36 bits per heavy atom. The first kappa shape index (κ1) is 16.8. The van der Waals surface area contributed by atoms with Gasteiger partial charge in [-0.15, -0.1) is 0 Å². The maximum atomic E-state index is 6.45. The van der Waals surface area contributed by atoms with Crippen LogP contribution in [0.2, 0.25) is 15.1 Å². The van der Waals surface area contributed by atoms with Crippen LogP contribution in [-0.4, -0.2) is 16.3 Å². The van der Waals surface area contributed by atoms with Crippen molar-refractivity contribution in [3.05, 3.63) is 63.1 Å². The zero-order valence-electron chi connectivity index (χ0n) is 13.4. The molecule has 25 heavy (non-hydrogen) atoms. The summed E-state index contributed by atoms with van der Waals surface area (Å²) in [5.74, 6) is 0.969. The number of hydrogen-bond donors (Lipinski definition) is 1.